The van der Waals surface area contributed by atoms with E-state index in [1.54, 1.807) is 30.5 Å². The first-order chi connectivity index (χ1) is 12.2. The van der Waals surface area contributed by atoms with Crippen molar-refractivity contribution in [3.63, 3.8) is 0 Å². The van der Waals surface area contributed by atoms with E-state index in [0.29, 0.717) is 35.6 Å². The Balaban J connectivity index is 1.56. The van der Waals surface area contributed by atoms with Crippen LogP contribution >= 0.6 is 0 Å². The van der Waals surface area contributed by atoms with Crippen LogP contribution in [0.15, 0.2) is 53.8 Å². The second-order valence-electron chi connectivity index (χ2n) is 5.46. The molecule has 2 aromatic heterocycles. The molecule has 7 heteroatoms. The standard InChI is InChI=1S/C18H14N4O3/c23-16-14-12(2-1-7-19-14)10-21-15(16)17(24)22-13-5-3-11(4-6-13)18-20-8-9-25-18/h1-7,10,23H,8-9H2,(H,22,24). The summed E-state index contributed by atoms with van der Waals surface area (Å²) in [6, 6.07) is 10.6. The van der Waals surface area contributed by atoms with Crippen LogP contribution in [0.4, 0.5) is 5.69 Å². The maximum atomic E-state index is 12.4. The van der Waals surface area contributed by atoms with Gasteiger partial charge in [0, 0.05) is 29.0 Å². The van der Waals surface area contributed by atoms with Crippen molar-refractivity contribution < 1.29 is 14.6 Å². The van der Waals surface area contributed by atoms with Crippen LogP contribution in [0.3, 0.4) is 0 Å². The Kier molecular flexibility index (Phi) is 3.74. The van der Waals surface area contributed by atoms with Crippen LogP contribution in [0.2, 0.25) is 0 Å². The third-order valence-corrected chi connectivity index (χ3v) is 3.81. The minimum absolute atomic E-state index is 0.0706. The smallest absolute Gasteiger partial charge is 0.278 e. The van der Waals surface area contributed by atoms with Crippen LogP contribution in [0.5, 0.6) is 5.75 Å². The molecule has 0 spiro atoms. The Hall–Kier alpha value is -3.48. The molecule has 1 aliphatic rings. The molecule has 1 aliphatic heterocycles. The van der Waals surface area contributed by atoms with Gasteiger partial charge >= 0.3 is 0 Å². The summed E-state index contributed by atoms with van der Waals surface area (Å²) in [5.74, 6) is -0.133. The van der Waals surface area contributed by atoms with Crippen LogP contribution in [0.25, 0.3) is 10.9 Å². The zero-order valence-corrected chi connectivity index (χ0v) is 13.1. The van der Waals surface area contributed by atoms with Gasteiger partial charge in [0.05, 0.1) is 6.54 Å². The number of aromatic nitrogens is 2. The van der Waals surface area contributed by atoms with Gasteiger partial charge in [-0.15, -0.1) is 0 Å². The van der Waals surface area contributed by atoms with Crippen molar-refractivity contribution in [2.24, 2.45) is 4.99 Å². The first kappa shape index (κ1) is 15.1. The number of carbonyl (C=O) groups excluding carboxylic acids is 1. The highest BCUT2D eigenvalue weighted by Gasteiger charge is 2.17. The molecule has 0 unspecified atom stereocenters. The summed E-state index contributed by atoms with van der Waals surface area (Å²) in [6.07, 6.45) is 3.06. The fourth-order valence-corrected chi connectivity index (χ4v) is 2.59. The minimum Gasteiger partial charge on any atom is -0.504 e. The molecular weight excluding hydrogens is 320 g/mol. The number of pyridine rings is 2. The zero-order valence-electron chi connectivity index (χ0n) is 13.1. The summed E-state index contributed by atoms with van der Waals surface area (Å²) in [4.78, 5) is 24.8. The molecule has 0 aliphatic carbocycles. The summed E-state index contributed by atoms with van der Waals surface area (Å²) in [7, 11) is 0. The molecule has 0 saturated carbocycles. The molecule has 0 radical (unpaired) electrons. The van der Waals surface area contributed by atoms with E-state index in [1.807, 2.05) is 12.1 Å². The molecule has 124 valence electrons. The lowest BCUT2D eigenvalue weighted by Crippen LogP contribution is -2.14. The van der Waals surface area contributed by atoms with E-state index < -0.39 is 5.91 Å². The summed E-state index contributed by atoms with van der Waals surface area (Å²) in [5.41, 5.74) is 1.70. The number of rotatable bonds is 3. The molecule has 0 saturated heterocycles. The fourth-order valence-electron chi connectivity index (χ4n) is 2.59. The third-order valence-electron chi connectivity index (χ3n) is 3.81. The van der Waals surface area contributed by atoms with E-state index in [9.17, 15) is 9.90 Å². The molecule has 1 aromatic carbocycles. The number of amides is 1. The highest BCUT2D eigenvalue weighted by Crippen LogP contribution is 2.25. The molecule has 0 bridgehead atoms. The van der Waals surface area contributed by atoms with Gasteiger partial charge in [0.1, 0.15) is 12.1 Å². The molecule has 3 heterocycles. The molecule has 7 nitrogen and oxygen atoms in total. The second kappa shape index (κ2) is 6.20. The van der Waals surface area contributed by atoms with Crippen LogP contribution in [-0.2, 0) is 4.74 Å². The second-order valence-corrected chi connectivity index (χ2v) is 5.46. The monoisotopic (exact) mass is 334 g/mol. The van der Waals surface area contributed by atoms with Crippen molar-refractivity contribution in [1.29, 1.82) is 0 Å². The molecule has 2 N–H and O–H groups in total. The number of hydrogen-bond acceptors (Lipinski definition) is 6. The van der Waals surface area contributed by atoms with Gasteiger partial charge in [-0.05, 0) is 36.4 Å². The number of fused-ring (bicyclic) bond motifs is 1. The lowest BCUT2D eigenvalue weighted by molar-refractivity contribution is 0.102. The Morgan fingerprint density at radius 2 is 2.00 bits per heavy atom. The molecule has 4 rings (SSSR count). The number of ether oxygens (including phenoxy) is 1. The summed E-state index contributed by atoms with van der Waals surface area (Å²) in [5, 5.41) is 13.6. The molecule has 1 amide bonds. The molecule has 0 atom stereocenters. The van der Waals surface area contributed by atoms with Gasteiger partial charge in [-0.25, -0.2) is 9.98 Å². The first-order valence-corrected chi connectivity index (χ1v) is 7.74. The first-order valence-electron chi connectivity index (χ1n) is 7.74. The topological polar surface area (TPSA) is 96.7 Å². The average molecular weight is 334 g/mol. The van der Waals surface area contributed by atoms with Crippen molar-refractivity contribution in [3.05, 3.63) is 60.0 Å². The third kappa shape index (κ3) is 2.87. The minimum atomic E-state index is -0.507. The predicted octanol–water partition coefficient (Wildman–Crippen LogP) is 2.36. The molecular formula is C18H14N4O3. The van der Waals surface area contributed by atoms with Crippen molar-refractivity contribution in [1.82, 2.24) is 9.97 Å². The number of nitrogens with one attached hydrogen (secondary N) is 1. The molecule has 3 aromatic rings. The molecule has 25 heavy (non-hydrogen) atoms. The van der Waals surface area contributed by atoms with Crippen LogP contribution in [-0.4, -0.2) is 40.0 Å². The highest BCUT2D eigenvalue weighted by atomic mass is 16.5. The van der Waals surface area contributed by atoms with Gasteiger partial charge < -0.3 is 15.2 Å². The van der Waals surface area contributed by atoms with Crippen molar-refractivity contribution in [2.75, 3.05) is 18.5 Å². The summed E-state index contributed by atoms with van der Waals surface area (Å²) in [6.45, 7) is 1.25. The zero-order chi connectivity index (χ0) is 17.2. The number of anilines is 1. The number of aliphatic imine (C=N–C) groups is 1. The number of benzene rings is 1. The Morgan fingerprint density at radius 3 is 2.76 bits per heavy atom. The Morgan fingerprint density at radius 1 is 1.16 bits per heavy atom. The van der Waals surface area contributed by atoms with E-state index >= 15 is 0 Å². The quantitative estimate of drug-likeness (QED) is 0.766. The highest BCUT2D eigenvalue weighted by molar-refractivity contribution is 6.07. The Bertz CT molecular complexity index is 983. The SMILES string of the molecule is O=C(Nc1ccc(C2=NCCO2)cc1)c1ncc2cccnc2c1O. The van der Waals surface area contributed by atoms with Crippen molar-refractivity contribution in [3.8, 4) is 5.75 Å². The van der Waals surface area contributed by atoms with Gasteiger partial charge in [0.15, 0.2) is 11.4 Å². The van der Waals surface area contributed by atoms with E-state index in [1.165, 1.54) is 6.20 Å². The maximum absolute atomic E-state index is 12.4. The van der Waals surface area contributed by atoms with E-state index in [2.05, 4.69) is 20.3 Å². The van der Waals surface area contributed by atoms with Crippen LogP contribution in [0.1, 0.15) is 16.1 Å². The maximum Gasteiger partial charge on any atom is 0.278 e. The van der Waals surface area contributed by atoms with Gasteiger partial charge in [-0.1, -0.05) is 0 Å². The number of carbonyl (C=O) groups is 1. The van der Waals surface area contributed by atoms with Crippen LogP contribution < -0.4 is 5.32 Å². The fraction of sp³-hybridized carbons (Fsp3) is 0.111. The van der Waals surface area contributed by atoms with Gasteiger partial charge in [-0.3, -0.25) is 9.78 Å². The number of hydrogen-bond donors (Lipinski definition) is 2. The van der Waals surface area contributed by atoms with Gasteiger partial charge in [0.2, 0.25) is 5.90 Å². The van der Waals surface area contributed by atoms with Crippen molar-refractivity contribution in [2.45, 2.75) is 0 Å². The van der Waals surface area contributed by atoms with Gasteiger partial charge in [0.25, 0.3) is 5.91 Å². The van der Waals surface area contributed by atoms with Crippen molar-refractivity contribution >= 4 is 28.4 Å². The van der Waals surface area contributed by atoms with E-state index in [0.717, 1.165) is 5.56 Å². The number of nitrogens with zero attached hydrogens (tertiary/aromatic N) is 3. The predicted molar refractivity (Wildman–Crippen MR) is 93.0 cm³/mol. The normalized spacial score (nSPS) is 13.4. The number of aromatic hydroxyl groups is 1. The average Bonchev–Trinajstić information content (AvgIpc) is 3.17. The van der Waals surface area contributed by atoms with Crippen LogP contribution in [0, 0.1) is 0 Å². The van der Waals surface area contributed by atoms with E-state index in [4.69, 9.17) is 4.74 Å². The van der Waals surface area contributed by atoms with E-state index in [-0.39, 0.29) is 11.4 Å². The summed E-state index contributed by atoms with van der Waals surface area (Å²) >= 11 is 0. The Labute approximate surface area is 143 Å². The van der Waals surface area contributed by atoms with Gasteiger partial charge in [-0.2, -0.15) is 0 Å². The molecule has 0 fully saturated rings. The lowest BCUT2D eigenvalue weighted by atomic mass is 10.2. The summed E-state index contributed by atoms with van der Waals surface area (Å²) < 4.78 is 5.40. The lowest BCUT2D eigenvalue weighted by Gasteiger charge is -2.08. The largest absolute Gasteiger partial charge is 0.504 e.